The molecule has 2 heterocycles. The van der Waals surface area contributed by atoms with Crippen LogP contribution in [0.5, 0.6) is 0 Å². The number of guanidine groups is 1. The topological polar surface area (TPSA) is 73.8 Å². The molecule has 28 heavy (non-hydrogen) atoms. The summed E-state index contributed by atoms with van der Waals surface area (Å²) in [5.74, 6) is 1.84. The predicted molar refractivity (Wildman–Crippen MR) is 126 cm³/mol. The van der Waals surface area contributed by atoms with Gasteiger partial charge in [0.2, 0.25) is 0 Å². The van der Waals surface area contributed by atoms with E-state index < -0.39 is 9.84 Å². The summed E-state index contributed by atoms with van der Waals surface area (Å²) in [4.78, 5) is 6.78. The lowest BCUT2D eigenvalue weighted by atomic mass is 9.96. The third-order valence-corrected chi connectivity index (χ3v) is 7.36. The van der Waals surface area contributed by atoms with Crippen molar-refractivity contribution in [3.05, 3.63) is 35.4 Å². The van der Waals surface area contributed by atoms with Gasteiger partial charge in [0, 0.05) is 26.2 Å². The zero-order chi connectivity index (χ0) is 19.3. The van der Waals surface area contributed by atoms with Gasteiger partial charge in [-0.05, 0) is 50.8 Å². The minimum absolute atomic E-state index is 0. The van der Waals surface area contributed by atoms with Crippen molar-refractivity contribution < 1.29 is 8.42 Å². The van der Waals surface area contributed by atoms with E-state index in [1.165, 1.54) is 24.0 Å². The van der Waals surface area contributed by atoms with Crippen LogP contribution in [0.25, 0.3) is 0 Å². The van der Waals surface area contributed by atoms with Gasteiger partial charge < -0.3 is 10.6 Å². The largest absolute Gasteiger partial charge is 0.356 e. The summed E-state index contributed by atoms with van der Waals surface area (Å²) in [6.07, 6.45) is 3.02. The summed E-state index contributed by atoms with van der Waals surface area (Å²) in [6, 6.07) is 8.79. The number of rotatable bonds is 5. The van der Waals surface area contributed by atoms with Gasteiger partial charge in [0.25, 0.3) is 0 Å². The molecule has 0 aromatic heterocycles. The maximum atomic E-state index is 11.6. The monoisotopic (exact) mass is 520 g/mol. The highest BCUT2D eigenvalue weighted by molar-refractivity contribution is 14.0. The minimum Gasteiger partial charge on any atom is -0.356 e. The lowest BCUT2D eigenvalue weighted by Gasteiger charge is -2.32. The third kappa shape index (κ3) is 7.18. The number of piperidine rings is 1. The van der Waals surface area contributed by atoms with Crippen LogP contribution in [-0.4, -0.2) is 63.5 Å². The molecule has 0 amide bonds. The highest BCUT2D eigenvalue weighted by Crippen LogP contribution is 2.19. The fourth-order valence-electron chi connectivity index (χ4n) is 3.84. The molecular weight excluding hydrogens is 487 g/mol. The van der Waals surface area contributed by atoms with Crippen LogP contribution in [-0.2, 0) is 16.4 Å². The van der Waals surface area contributed by atoms with Crippen LogP contribution in [0.1, 0.15) is 30.4 Å². The van der Waals surface area contributed by atoms with Gasteiger partial charge >= 0.3 is 0 Å². The molecule has 2 fully saturated rings. The quantitative estimate of drug-likeness (QED) is 0.354. The number of benzene rings is 1. The molecule has 1 atom stereocenters. The number of aliphatic imine (C=N–C) groups is 1. The Morgan fingerprint density at radius 1 is 1.18 bits per heavy atom. The van der Waals surface area contributed by atoms with E-state index in [-0.39, 0.29) is 41.5 Å². The molecule has 2 aliphatic heterocycles. The van der Waals surface area contributed by atoms with Gasteiger partial charge in [0.1, 0.15) is 0 Å². The Morgan fingerprint density at radius 2 is 1.86 bits per heavy atom. The number of nitrogens with one attached hydrogen (secondary N) is 2. The predicted octanol–water partition coefficient (Wildman–Crippen LogP) is 2.18. The van der Waals surface area contributed by atoms with Gasteiger partial charge in [0.05, 0.1) is 11.5 Å². The van der Waals surface area contributed by atoms with Crippen molar-refractivity contribution in [2.45, 2.75) is 38.8 Å². The molecule has 3 rings (SSSR count). The van der Waals surface area contributed by atoms with Crippen LogP contribution < -0.4 is 10.6 Å². The first-order chi connectivity index (χ1) is 12.9. The molecule has 6 nitrogen and oxygen atoms in total. The van der Waals surface area contributed by atoms with Gasteiger partial charge in [-0.1, -0.05) is 29.8 Å². The first-order valence-corrected chi connectivity index (χ1v) is 11.7. The van der Waals surface area contributed by atoms with Crippen LogP contribution >= 0.6 is 24.0 Å². The van der Waals surface area contributed by atoms with E-state index in [1.807, 2.05) is 0 Å². The number of hydrogen-bond acceptors (Lipinski definition) is 4. The van der Waals surface area contributed by atoms with Crippen LogP contribution in [0.4, 0.5) is 0 Å². The molecule has 158 valence electrons. The number of aryl methyl sites for hydroxylation is 1. The summed E-state index contributed by atoms with van der Waals surface area (Å²) >= 11 is 0. The Balaban J connectivity index is 0.00000280. The van der Waals surface area contributed by atoms with Gasteiger partial charge in [-0.25, -0.2) is 8.42 Å². The van der Waals surface area contributed by atoms with Gasteiger partial charge in [-0.2, -0.15) is 0 Å². The summed E-state index contributed by atoms with van der Waals surface area (Å²) in [7, 11) is -1.13. The van der Waals surface area contributed by atoms with Gasteiger partial charge in [-0.15, -0.1) is 24.0 Å². The molecule has 8 heteroatoms. The fourth-order valence-corrected chi connectivity index (χ4v) is 5.51. The van der Waals surface area contributed by atoms with Crippen LogP contribution in [0.3, 0.4) is 0 Å². The van der Waals surface area contributed by atoms with Crippen molar-refractivity contribution in [1.29, 1.82) is 0 Å². The maximum Gasteiger partial charge on any atom is 0.191 e. The minimum atomic E-state index is -2.87. The summed E-state index contributed by atoms with van der Waals surface area (Å²) in [5.41, 5.74) is 2.69. The molecule has 0 radical (unpaired) electrons. The zero-order valence-corrected chi connectivity index (χ0v) is 20.0. The smallest absolute Gasteiger partial charge is 0.191 e. The number of halogens is 1. The second kappa shape index (κ2) is 10.8. The van der Waals surface area contributed by atoms with Gasteiger partial charge in [0.15, 0.2) is 15.8 Å². The molecule has 1 aromatic rings. The average molecular weight is 520 g/mol. The third-order valence-electron chi connectivity index (χ3n) is 5.59. The van der Waals surface area contributed by atoms with E-state index in [0.717, 1.165) is 32.1 Å². The first kappa shape index (κ1) is 23.4. The van der Waals surface area contributed by atoms with Crippen molar-refractivity contribution in [3.63, 3.8) is 0 Å². The van der Waals surface area contributed by atoms with E-state index in [2.05, 4.69) is 51.7 Å². The van der Waals surface area contributed by atoms with E-state index in [9.17, 15) is 8.42 Å². The summed E-state index contributed by atoms with van der Waals surface area (Å²) < 4.78 is 23.2. The zero-order valence-electron chi connectivity index (χ0n) is 16.9. The summed E-state index contributed by atoms with van der Waals surface area (Å²) in [5, 5.41) is 6.65. The van der Waals surface area contributed by atoms with E-state index >= 15 is 0 Å². The Morgan fingerprint density at radius 3 is 2.43 bits per heavy atom. The van der Waals surface area contributed by atoms with Crippen LogP contribution in [0.15, 0.2) is 29.3 Å². The normalized spacial score (nSPS) is 23.2. The Labute approximate surface area is 186 Å². The summed E-state index contributed by atoms with van der Waals surface area (Å²) in [6.45, 7) is 6.27. The second-order valence-electron chi connectivity index (χ2n) is 7.90. The molecule has 1 unspecified atom stereocenters. The standard InChI is InChI=1S/C20H32N4O2S.HI/c1-16-3-5-18(6-4-16)14-24-10-7-17(8-11-24)13-22-20(21-2)23-19-9-12-27(25,26)15-19;/h3-6,17,19H,7-15H2,1-2H3,(H2,21,22,23);1H. The molecule has 1 aromatic carbocycles. The Hall–Kier alpha value is -0.870. The van der Waals surface area contributed by atoms with Crippen molar-refractivity contribution in [2.24, 2.45) is 10.9 Å². The number of likely N-dealkylation sites (tertiary alicyclic amines) is 1. The van der Waals surface area contributed by atoms with Crippen LogP contribution in [0.2, 0.25) is 0 Å². The lowest BCUT2D eigenvalue weighted by Crippen LogP contribution is -2.46. The number of hydrogen-bond donors (Lipinski definition) is 2. The van der Waals surface area contributed by atoms with Crippen molar-refractivity contribution in [3.8, 4) is 0 Å². The van der Waals surface area contributed by atoms with Crippen molar-refractivity contribution in [1.82, 2.24) is 15.5 Å². The van der Waals surface area contributed by atoms with E-state index in [0.29, 0.717) is 12.3 Å². The molecule has 0 spiro atoms. The van der Waals surface area contributed by atoms with Crippen molar-refractivity contribution in [2.75, 3.05) is 38.2 Å². The first-order valence-electron chi connectivity index (χ1n) is 9.89. The SMILES string of the molecule is CN=C(NCC1CCN(Cc2ccc(C)cc2)CC1)NC1CCS(=O)(=O)C1.I. The van der Waals surface area contributed by atoms with Crippen molar-refractivity contribution >= 4 is 39.8 Å². The molecule has 0 bridgehead atoms. The molecular formula is C20H33IN4O2S. The highest BCUT2D eigenvalue weighted by atomic mass is 127. The average Bonchev–Trinajstić information content (AvgIpc) is 3.00. The molecule has 0 saturated carbocycles. The molecule has 0 aliphatic carbocycles. The molecule has 2 N–H and O–H groups in total. The maximum absolute atomic E-state index is 11.6. The molecule has 2 aliphatic rings. The Kier molecular flexibility index (Phi) is 9.01. The number of sulfone groups is 1. The van der Waals surface area contributed by atoms with E-state index in [4.69, 9.17) is 0 Å². The fraction of sp³-hybridized carbons (Fsp3) is 0.650. The lowest BCUT2D eigenvalue weighted by molar-refractivity contribution is 0.178. The number of nitrogens with zero attached hydrogens (tertiary/aromatic N) is 2. The highest BCUT2D eigenvalue weighted by Gasteiger charge is 2.28. The van der Waals surface area contributed by atoms with Crippen LogP contribution in [0, 0.1) is 12.8 Å². The second-order valence-corrected chi connectivity index (χ2v) is 10.1. The Bertz CT molecular complexity index is 744. The molecule has 2 saturated heterocycles. The van der Waals surface area contributed by atoms with Gasteiger partial charge in [-0.3, -0.25) is 9.89 Å². The van der Waals surface area contributed by atoms with E-state index in [1.54, 1.807) is 7.05 Å².